The Labute approximate surface area is 108 Å². The molecule has 1 aromatic rings. The van der Waals surface area contributed by atoms with Gasteiger partial charge in [0.2, 0.25) is 5.91 Å². The van der Waals surface area contributed by atoms with Crippen molar-refractivity contribution < 1.29 is 4.79 Å². The van der Waals surface area contributed by atoms with Crippen molar-refractivity contribution in [3.05, 3.63) is 16.4 Å². The quantitative estimate of drug-likeness (QED) is 0.474. The summed E-state index contributed by atoms with van der Waals surface area (Å²) >= 11 is 1.19. The zero-order valence-electron chi connectivity index (χ0n) is 9.81. The lowest BCUT2D eigenvalue weighted by molar-refractivity contribution is -0.128. The topological polar surface area (TPSA) is 104 Å². The minimum Gasteiger partial charge on any atom is -0.383 e. The van der Waals surface area contributed by atoms with E-state index in [2.05, 4.69) is 15.3 Å². The van der Waals surface area contributed by atoms with E-state index < -0.39 is 0 Å². The summed E-state index contributed by atoms with van der Waals surface area (Å²) in [7, 11) is 0. The summed E-state index contributed by atoms with van der Waals surface area (Å²) < 4.78 is 0. The van der Waals surface area contributed by atoms with Crippen LogP contribution in [0.5, 0.6) is 0 Å². The molecule has 0 aliphatic carbocycles. The van der Waals surface area contributed by atoms with Crippen molar-refractivity contribution in [2.75, 3.05) is 37.7 Å². The molecule has 18 heavy (non-hydrogen) atoms. The Kier molecular flexibility index (Phi) is 4.21. The van der Waals surface area contributed by atoms with E-state index >= 15 is 0 Å². The molecule has 1 aromatic heterocycles. The molecule has 0 aromatic carbocycles. The Morgan fingerprint density at radius 2 is 2.22 bits per heavy atom. The summed E-state index contributed by atoms with van der Waals surface area (Å²) in [5.41, 5.74) is 5.15. The van der Waals surface area contributed by atoms with Gasteiger partial charge in [0.05, 0.1) is 5.75 Å². The third-order valence-electron chi connectivity index (χ3n) is 2.54. The molecule has 1 fully saturated rings. The molecule has 0 spiro atoms. The van der Waals surface area contributed by atoms with Crippen LogP contribution < -0.4 is 16.6 Å². The summed E-state index contributed by atoms with van der Waals surface area (Å²) in [6.07, 6.45) is 0. The number of nitrogen functional groups attached to an aromatic ring is 1. The zero-order chi connectivity index (χ0) is 13.0. The number of thioether (sulfide) groups is 1. The van der Waals surface area contributed by atoms with Gasteiger partial charge in [-0.3, -0.25) is 9.59 Å². The van der Waals surface area contributed by atoms with E-state index in [4.69, 9.17) is 5.73 Å². The lowest BCUT2D eigenvalue weighted by Gasteiger charge is -2.27. The first kappa shape index (κ1) is 12.9. The fourth-order valence-corrected chi connectivity index (χ4v) is 2.44. The van der Waals surface area contributed by atoms with Gasteiger partial charge in [0.25, 0.3) is 5.56 Å². The van der Waals surface area contributed by atoms with Gasteiger partial charge in [-0.05, 0) is 0 Å². The molecule has 2 heterocycles. The van der Waals surface area contributed by atoms with Gasteiger partial charge in [-0.2, -0.15) is 0 Å². The molecule has 1 aliphatic rings. The molecule has 8 heteroatoms. The summed E-state index contributed by atoms with van der Waals surface area (Å²) in [4.78, 5) is 31.3. The molecular formula is C10H15N5O2S. The average molecular weight is 269 g/mol. The number of aromatic nitrogens is 2. The number of nitrogens with two attached hydrogens (primary N) is 1. The number of H-pyrrole nitrogens is 1. The van der Waals surface area contributed by atoms with E-state index in [1.54, 1.807) is 4.90 Å². The lowest BCUT2D eigenvalue weighted by Crippen LogP contribution is -2.47. The van der Waals surface area contributed by atoms with Crippen LogP contribution in [0.25, 0.3) is 0 Å². The minimum absolute atomic E-state index is 0.0478. The van der Waals surface area contributed by atoms with Crippen molar-refractivity contribution in [2.24, 2.45) is 0 Å². The van der Waals surface area contributed by atoms with Crippen molar-refractivity contribution in [1.29, 1.82) is 0 Å². The fourth-order valence-electron chi connectivity index (χ4n) is 1.66. The van der Waals surface area contributed by atoms with Crippen LogP contribution in [-0.4, -0.2) is 52.7 Å². The molecule has 1 saturated heterocycles. The van der Waals surface area contributed by atoms with Crippen LogP contribution in [0.3, 0.4) is 0 Å². The Morgan fingerprint density at radius 3 is 2.89 bits per heavy atom. The van der Waals surface area contributed by atoms with E-state index in [0.717, 1.165) is 26.2 Å². The molecule has 7 nitrogen and oxygen atoms in total. The molecule has 1 aliphatic heterocycles. The van der Waals surface area contributed by atoms with Crippen molar-refractivity contribution in [2.45, 2.75) is 5.16 Å². The number of anilines is 1. The van der Waals surface area contributed by atoms with Gasteiger partial charge in [-0.1, -0.05) is 11.8 Å². The highest BCUT2D eigenvalue weighted by atomic mass is 32.2. The maximum absolute atomic E-state index is 11.9. The van der Waals surface area contributed by atoms with Gasteiger partial charge >= 0.3 is 0 Å². The first-order chi connectivity index (χ1) is 8.65. The maximum Gasteiger partial charge on any atom is 0.253 e. The standard InChI is InChI=1S/C10H15N5O2S/c11-7-5-8(16)14-10(13-7)18-6-9(17)15-3-1-12-2-4-15/h5,12H,1-4,6H2,(H3,11,13,14,16). The van der Waals surface area contributed by atoms with E-state index in [0.29, 0.717) is 5.16 Å². The van der Waals surface area contributed by atoms with Crippen molar-refractivity contribution in [3.63, 3.8) is 0 Å². The molecule has 0 unspecified atom stereocenters. The third kappa shape index (κ3) is 3.47. The van der Waals surface area contributed by atoms with Crippen LogP contribution in [0, 0.1) is 0 Å². The van der Waals surface area contributed by atoms with E-state index in [1.807, 2.05) is 0 Å². The molecule has 98 valence electrons. The molecule has 0 bridgehead atoms. The van der Waals surface area contributed by atoms with Gasteiger partial charge in [-0.15, -0.1) is 0 Å². The number of carbonyl (C=O) groups excluding carboxylic acids is 1. The van der Waals surface area contributed by atoms with E-state index in [-0.39, 0.29) is 23.0 Å². The molecule has 2 rings (SSSR count). The number of nitrogens with zero attached hydrogens (tertiary/aromatic N) is 2. The molecule has 0 atom stereocenters. The normalized spacial score (nSPS) is 15.7. The van der Waals surface area contributed by atoms with Gasteiger partial charge in [-0.25, -0.2) is 4.98 Å². The lowest BCUT2D eigenvalue weighted by atomic mass is 10.3. The van der Waals surface area contributed by atoms with Crippen LogP contribution in [0.4, 0.5) is 5.82 Å². The SMILES string of the molecule is Nc1cc(=O)[nH]c(SCC(=O)N2CCNCC2)n1. The number of rotatable bonds is 3. The predicted molar refractivity (Wildman–Crippen MR) is 69.4 cm³/mol. The third-order valence-corrected chi connectivity index (χ3v) is 3.40. The van der Waals surface area contributed by atoms with Crippen LogP contribution in [0.2, 0.25) is 0 Å². The maximum atomic E-state index is 11.9. The first-order valence-corrected chi connectivity index (χ1v) is 6.62. The molecule has 1 amide bonds. The summed E-state index contributed by atoms with van der Waals surface area (Å²) in [6.45, 7) is 3.09. The molecule has 4 N–H and O–H groups in total. The van der Waals surface area contributed by atoms with Crippen molar-refractivity contribution in [1.82, 2.24) is 20.2 Å². The Bertz CT molecular complexity index is 483. The molecular weight excluding hydrogens is 254 g/mol. The largest absolute Gasteiger partial charge is 0.383 e. The predicted octanol–water partition coefficient (Wildman–Crippen LogP) is -1.12. The van der Waals surface area contributed by atoms with Gasteiger partial charge < -0.3 is 20.9 Å². The highest BCUT2D eigenvalue weighted by molar-refractivity contribution is 7.99. The Morgan fingerprint density at radius 1 is 1.50 bits per heavy atom. The van der Waals surface area contributed by atoms with Gasteiger partial charge in [0.1, 0.15) is 5.82 Å². The summed E-state index contributed by atoms with van der Waals surface area (Å²) in [6, 6.07) is 1.21. The van der Waals surface area contributed by atoms with Crippen molar-refractivity contribution >= 4 is 23.5 Å². The van der Waals surface area contributed by atoms with E-state index in [9.17, 15) is 9.59 Å². The zero-order valence-corrected chi connectivity index (χ0v) is 10.6. The Balaban J connectivity index is 1.90. The van der Waals surface area contributed by atoms with Crippen LogP contribution in [-0.2, 0) is 4.79 Å². The van der Waals surface area contributed by atoms with E-state index in [1.165, 1.54) is 17.8 Å². The number of nitrogens with one attached hydrogen (secondary N) is 2. The number of hydrogen-bond acceptors (Lipinski definition) is 6. The molecule has 0 radical (unpaired) electrons. The highest BCUT2D eigenvalue weighted by Gasteiger charge is 2.16. The Hall–Kier alpha value is -1.54. The molecule has 0 saturated carbocycles. The minimum atomic E-state index is -0.306. The van der Waals surface area contributed by atoms with Crippen LogP contribution in [0.15, 0.2) is 16.0 Å². The number of amides is 1. The number of piperazine rings is 1. The summed E-state index contributed by atoms with van der Waals surface area (Å²) in [5.74, 6) is 0.467. The number of aromatic amines is 1. The van der Waals surface area contributed by atoms with Gasteiger partial charge in [0.15, 0.2) is 5.16 Å². The smallest absolute Gasteiger partial charge is 0.253 e. The fraction of sp³-hybridized carbons (Fsp3) is 0.500. The monoisotopic (exact) mass is 269 g/mol. The van der Waals surface area contributed by atoms with Crippen LogP contribution >= 0.6 is 11.8 Å². The van der Waals surface area contributed by atoms with Crippen LogP contribution in [0.1, 0.15) is 0 Å². The second-order valence-electron chi connectivity index (χ2n) is 3.89. The van der Waals surface area contributed by atoms with Crippen molar-refractivity contribution in [3.8, 4) is 0 Å². The van der Waals surface area contributed by atoms with Gasteiger partial charge in [0, 0.05) is 32.2 Å². The second kappa shape index (κ2) is 5.87. The second-order valence-corrected chi connectivity index (χ2v) is 4.86. The number of hydrogen-bond donors (Lipinski definition) is 3. The highest BCUT2D eigenvalue weighted by Crippen LogP contribution is 2.12. The first-order valence-electron chi connectivity index (χ1n) is 5.63. The number of carbonyl (C=O) groups is 1. The average Bonchev–Trinajstić information content (AvgIpc) is 2.36. The summed E-state index contributed by atoms with van der Waals surface area (Å²) in [5, 5.41) is 3.56.